The molecule has 1 amide bonds. The minimum atomic E-state index is -0.506. The number of anilines is 1. The van der Waals surface area contributed by atoms with Crippen LogP contribution in [0, 0.1) is 16.0 Å². The van der Waals surface area contributed by atoms with Gasteiger partial charge in [0.05, 0.1) is 4.92 Å². The number of nitrogens with zero attached hydrogens (tertiary/aromatic N) is 2. The molecule has 1 aromatic heterocycles. The first kappa shape index (κ1) is 12.0. The van der Waals surface area contributed by atoms with Gasteiger partial charge in [-0.3, -0.25) is 14.9 Å². The van der Waals surface area contributed by atoms with Gasteiger partial charge in [-0.2, -0.15) is 0 Å². The highest BCUT2D eigenvalue weighted by atomic mass is 32.1. The van der Waals surface area contributed by atoms with Crippen LogP contribution in [-0.4, -0.2) is 15.8 Å². The zero-order chi connectivity index (χ0) is 12.3. The third-order valence-corrected chi connectivity index (χ3v) is 3.74. The number of carbonyl (C=O) groups excluding carboxylic acids is 1. The van der Waals surface area contributed by atoms with Crippen LogP contribution < -0.4 is 5.32 Å². The molecule has 0 aliphatic heterocycles. The summed E-state index contributed by atoms with van der Waals surface area (Å²) in [5.74, 6) is -0.0272. The summed E-state index contributed by atoms with van der Waals surface area (Å²) in [6.45, 7) is 0. The highest BCUT2D eigenvalue weighted by molar-refractivity contribution is 7.18. The zero-order valence-corrected chi connectivity index (χ0v) is 10.0. The van der Waals surface area contributed by atoms with Gasteiger partial charge in [0.25, 0.3) is 0 Å². The first-order valence-electron chi connectivity index (χ1n) is 5.58. The molecule has 1 fully saturated rings. The third-order valence-electron chi connectivity index (χ3n) is 2.88. The van der Waals surface area contributed by atoms with E-state index in [1.807, 2.05) is 0 Å². The first-order chi connectivity index (χ1) is 8.16. The summed E-state index contributed by atoms with van der Waals surface area (Å²) in [5, 5.41) is 13.4. The highest BCUT2D eigenvalue weighted by Crippen LogP contribution is 2.28. The van der Waals surface area contributed by atoms with Gasteiger partial charge in [-0.15, -0.1) is 0 Å². The summed E-state index contributed by atoms with van der Waals surface area (Å²) < 4.78 is 0. The number of thiazole rings is 1. The van der Waals surface area contributed by atoms with Crippen LogP contribution in [0.1, 0.15) is 32.1 Å². The second-order valence-corrected chi connectivity index (χ2v) is 5.09. The van der Waals surface area contributed by atoms with Crippen molar-refractivity contribution in [1.82, 2.24) is 4.98 Å². The van der Waals surface area contributed by atoms with E-state index in [9.17, 15) is 14.9 Å². The van der Waals surface area contributed by atoms with Crippen molar-refractivity contribution in [3.8, 4) is 0 Å². The Kier molecular flexibility index (Phi) is 3.68. The molecule has 1 aliphatic rings. The molecule has 0 spiro atoms. The lowest BCUT2D eigenvalue weighted by atomic mass is 9.89. The fraction of sp³-hybridized carbons (Fsp3) is 0.600. The lowest BCUT2D eigenvalue weighted by Crippen LogP contribution is -2.24. The van der Waals surface area contributed by atoms with Gasteiger partial charge in [0.2, 0.25) is 5.91 Å². The van der Waals surface area contributed by atoms with Crippen LogP contribution in [0.5, 0.6) is 0 Å². The molecule has 0 aromatic carbocycles. The van der Waals surface area contributed by atoms with Gasteiger partial charge < -0.3 is 5.32 Å². The molecular formula is C10H13N3O3S. The van der Waals surface area contributed by atoms with Crippen molar-refractivity contribution in [2.24, 2.45) is 5.92 Å². The van der Waals surface area contributed by atoms with Crippen LogP contribution in [0.15, 0.2) is 6.20 Å². The Morgan fingerprint density at radius 3 is 2.76 bits per heavy atom. The van der Waals surface area contributed by atoms with E-state index < -0.39 is 4.92 Å². The van der Waals surface area contributed by atoms with Crippen molar-refractivity contribution in [1.29, 1.82) is 0 Å². The molecule has 1 aliphatic carbocycles. The largest absolute Gasteiger partial charge is 0.345 e. The predicted molar refractivity (Wildman–Crippen MR) is 64.0 cm³/mol. The first-order valence-corrected chi connectivity index (χ1v) is 6.39. The minimum Gasteiger partial charge on any atom is -0.302 e. The number of hydrogen-bond donors (Lipinski definition) is 1. The molecule has 17 heavy (non-hydrogen) atoms. The van der Waals surface area contributed by atoms with Crippen LogP contribution in [-0.2, 0) is 4.79 Å². The standard InChI is InChI=1S/C10H13N3O3S/c14-9(7-4-2-1-3-5-7)12-10-11-6-8(17-10)13(15)16/h6-7H,1-5H2,(H,11,12,14). The molecule has 0 unspecified atom stereocenters. The Balaban J connectivity index is 1.94. The molecule has 92 valence electrons. The van der Waals surface area contributed by atoms with Crippen molar-refractivity contribution in [2.45, 2.75) is 32.1 Å². The number of nitro groups is 1. The number of hydrogen-bond acceptors (Lipinski definition) is 5. The van der Waals surface area contributed by atoms with Gasteiger partial charge >= 0.3 is 5.00 Å². The van der Waals surface area contributed by atoms with Crippen molar-refractivity contribution in [2.75, 3.05) is 5.32 Å². The second-order valence-electron chi connectivity index (χ2n) is 4.08. The average Bonchev–Trinajstić information content (AvgIpc) is 2.79. The Bertz CT molecular complexity index is 426. The Morgan fingerprint density at radius 2 is 2.18 bits per heavy atom. The van der Waals surface area contributed by atoms with Gasteiger partial charge in [0.1, 0.15) is 6.20 Å². The molecule has 0 bridgehead atoms. The number of amides is 1. The van der Waals surface area contributed by atoms with Crippen LogP contribution in [0.2, 0.25) is 0 Å². The summed E-state index contributed by atoms with van der Waals surface area (Å²) >= 11 is 0.891. The van der Waals surface area contributed by atoms with Gasteiger partial charge in [-0.05, 0) is 24.2 Å². The van der Waals surface area contributed by atoms with Gasteiger partial charge in [0.15, 0.2) is 5.13 Å². The lowest BCUT2D eigenvalue weighted by Gasteiger charge is -2.19. The number of nitrogens with one attached hydrogen (secondary N) is 1. The number of carbonyl (C=O) groups is 1. The van der Waals surface area contributed by atoms with E-state index in [4.69, 9.17) is 0 Å². The molecule has 0 saturated heterocycles. The Labute approximate surface area is 102 Å². The third kappa shape index (κ3) is 3.00. The van der Waals surface area contributed by atoms with E-state index in [1.54, 1.807) is 0 Å². The van der Waals surface area contributed by atoms with Crippen LogP contribution in [0.4, 0.5) is 10.1 Å². The van der Waals surface area contributed by atoms with E-state index in [2.05, 4.69) is 10.3 Å². The topological polar surface area (TPSA) is 85.1 Å². The summed E-state index contributed by atoms with van der Waals surface area (Å²) in [5.41, 5.74) is 0. The quantitative estimate of drug-likeness (QED) is 0.664. The van der Waals surface area contributed by atoms with Crippen molar-refractivity contribution in [3.05, 3.63) is 16.3 Å². The molecule has 1 N–H and O–H groups in total. The van der Waals surface area contributed by atoms with E-state index in [1.165, 1.54) is 12.6 Å². The minimum absolute atomic E-state index is 0.0340. The van der Waals surface area contributed by atoms with Gasteiger partial charge in [-0.25, -0.2) is 4.98 Å². The molecule has 6 nitrogen and oxygen atoms in total. The molecule has 1 heterocycles. The Hall–Kier alpha value is -1.50. The maximum absolute atomic E-state index is 11.8. The molecule has 1 aromatic rings. The number of rotatable bonds is 3. The summed E-state index contributed by atoms with van der Waals surface area (Å²) in [6, 6.07) is 0. The zero-order valence-electron chi connectivity index (χ0n) is 9.22. The van der Waals surface area contributed by atoms with Crippen molar-refractivity contribution in [3.63, 3.8) is 0 Å². The van der Waals surface area contributed by atoms with Gasteiger partial charge in [0, 0.05) is 5.92 Å². The van der Waals surface area contributed by atoms with Crippen LogP contribution in [0.25, 0.3) is 0 Å². The SMILES string of the molecule is O=C(Nc1ncc([N+](=O)[O-])s1)C1CCCCC1. The molecular weight excluding hydrogens is 242 g/mol. The summed E-state index contributed by atoms with van der Waals surface area (Å²) in [7, 11) is 0. The van der Waals surface area contributed by atoms with Crippen LogP contribution in [0.3, 0.4) is 0 Å². The molecule has 7 heteroatoms. The normalized spacial score (nSPS) is 16.7. The maximum Gasteiger partial charge on any atom is 0.345 e. The fourth-order valence-electron chi connectivity index (χ4n) is 1.98. The van der Waals surface area contributed by atoms with Crippen molar-refractivity contribution < 1.29 is 9.72 Å². The Morgan fingerprint density at radius 1 is 1.47 bits per heavy atom. The van der Waals surface area contributed by atoms with E-state index in [0.29, 0.717) is 5.13 Å². The summed E-state index contributed by atoms with van der Waals surface area (Å²) in [6.07, 6.45) is 6.32. The second kappa shape index (κ2) is 5.22. The lowest BCUT2D eigenvalue weighted by molar-refractivity contribution is -0.380. The van der Waals surface area contributed by atoms with Crippen molar-refractivity contribution >= 4 is 27.4 Å². The number of aromatic nitrogens is 1. The maximum atomic E-state index is 11.8. The fourth-order valence-corrected chi connectivity index (χ4v) is 2.62. The molecule has 1 saturated carbocycles. The van der Waals surface area contributed by atoms with Gasteiger partial charge in [-0.1, -0.05) is 19.3 Å². The van der Waals surface area contributed by atoms with E-state index in [-0.39, 0.29) is 16.8 Å². The smallest absolute Gasteiger partial charge is 0.302 e. The highest BCUT2D eigenvalue weighted by Gasteiger charge is 2.22. The molecule has 2 rings (SSSR count). The molecule has 0 atom stereocenters. The van der Waals surface area contributed by atoms with E-state index >= 15 is 0 Å². The predicted octanol–water partition coefficient (Wildman–Crippen LogP) is 2.57. The molecule has 0 radical (unpaired) electrons. The summed E-state index contributed by atoms with van der Waals surface area (Å²) in [4.78, 5) is 25.6. The van der Waals surface area contributed by atoms with E-state index in [0.717, 1.165) is 37.0 Å². The monoisotopic (exact) mass is 255 g/mol. The van der Waals surface area contributed by atoms with Crippen LogP contribution >= 0.6 is 11.3 Å². The average molecular weight is 255 g/mol.